The van der Waals surface area contributed by atoms with Gasteiger partial charge < -0.3 is 14.0 Å². The Morgan fingerprint density at radius 1 is 0.975 bits per heavy atom. The van der Waals surface area contributed by atoms with Crippen molar-refractivity contribution in [3.05, 3.63) is 100 Å². The zero-order chi connectivity index (χ0) is 28.2. The summed E-state index contributed by atoms with van der Waals surface area (Å²) in [6.45, 7) is 4.65. The van der Waals surface area contributed by atoms with Crippen LogP contribution in [0.15, 0.2) is 83.9 Å². The van der Waals surface area contributed by atoms with Crippen LogP contribution in [-0.4, -0.2) is 45.7 Å². The summed E-state index contributed by atoms with van der Waals surface area (Å²) in [5.74, 6) is 0.720. The summed E-state index contributed by atoms with van der Waals surface area (Å²) in [7, 11) is 0. The third-order valence-electron chi connectivity index (χ3n) is 6.24. The number of hydrogen-bond donors (Lipinski definition) is 0. The minimum Gasteiger partial charge on any atom is -0.492 e. The quantitative estimate of drug-likeness (QED) is 0.149. The van der Waals surface area contributed by atoms with Crippen molar-refractivity contribution in [2.75, 3.05) is 13.2 Å². The molecule has 1 aromatic heterocycles. The van der Waals surface area contributed by atoms with E-state index in [1.54, 1.807) is 30.3 Å². The average Bonchev–Trinajstić information content (AvgIpc) is 3.41. The van der Waals surface area contributed by atoms with Crippen molar-refractivity contribution in [3.63, 3.8) is 0 Å². The van der Waals surface area contributed by atoms with E-state index in [1.165, 1.54) is 0 Å². The normalized spacial score (nSPS) is 14.5. The number of thioether (sulfide) groups is 1. The van der Waals surface area contributed by atoms with Crippen LogP contribution in [0.4, 0.5) is 4.79 Å². The molecule has 0 unspecified atom stereocenters. The van der Waals surface area contributed by atoms with Gasteiger partial charge in [0.15, 0.2) is 5.78 Å². The number of halogens is 1. The number of ether oxygens (including phenoxy) is 2. The highest BCUT2D eigenvalue weighted by Crippen LogP contribution is 2.34. The molecule has 0 aliphatic carbocycles. The van der Waals surface area contributed by atoms with Crippen LogP contribution in [0.25, 0.3) is 17.0 Å². The summed E-state index contributed by atoms with van der Waals surface area (Å²) in [5, 5.41) is 0.976. The first-order chi connectivity index (χ1) is 19.3. The van der Waals surface area contributed by atoms with E-state index in [0.717, 1.165) is 44.6 Å². The second-order valence-electron chi connectivity index (χ2n) is 9.48. The fraction of sp³-hybridized carbons (Fsp3) is 0.194. The highest BCUT2D eigenvalue weighted by Gasteiger charge is 2.36. The van der Waals surface area contributed by atoms with Gasteiger partial charge in [0.2, 0.25) is 0 Å². The molecule has 3 aromatic carbocycles. The smallest absolute Gasteiger partial charge is 0.293 e. The number of para-hydroxylation sites is 1. The van der Waals surface area contributed by atoms with Crippen molar-refractivity contribution in [2.24, 2.45) is 0 Å². The van der Waals surface area contributed by atoms with Crippen LogP contribution < -0.4 is 9.47 Å². The molecule has 1 aliphatic rings. The van der Waals surface area contributed by atoms with Crippen LogP contribution in [0.5, 0.6) is 11.5 Å². The van der Waals surface area contributed by atoms with Gasteiger partial charge in [0.25, 0.3) is 11.1 Å². The number of Topliss-reactive ketones (excluding diaryl/α,β-unsaturated/α-hetero) is 1. The maximum atomic E-state index is 13.1. The summed E-state index contributed by atoms with van der Waals surface area (Å²) in [6, 6.07) is 21.7. The van der Waals surface area contributed by atoms with Gasteiger partial charge in [-0.25, -0.2) is 0 Å². The molecule has 1 saturated heterocycles. The molecule has 0 spiro atoms. The Kier molecular flexibility index (Phi) is 8.28. The van der Waals surface area contributed by atoms with Gasteiger partial charge in [-0.3, -0.25) is 19.3 Å². The van der Waals surface area contributed by atoms with Crippen LogP contribution in [0.1, 0.15) is 29.8 Å². The SMILES string of the molecule is CC(C)Oc1ccc(OCCn2cc(/C=C3\SC(=O)N(CC(=O)c4ccc(Cl)cc4)C3=O)c3ccccc32)cc1. The lowest BCUT2D eigenvalue weighted by Crippen LogP contribution is -2.33. The van der Waals surface area contributed by atoms with Crippen LogP contribution in [0, 0.1) is 0 Å². The van der Waals surface area contributed by atoms with Gasteiger partial charge >= 0.3 is 0 Å². The summed E-state index contributed by atoms with van der Waals surface area (Å²) in [5.41, 5.74) is 2.17. The van der Waals surface area contributed by atoms with E-state index in [1.807, 2.05) is 68.6 Å². The predicted octanol–water partition coefficient (Wildman–Crippen LogP) is 7.08. The molecule has 0 radical (unpaired) electrons. The van der Waals surface area contributed by atoms with Crippen molar-refractivity contribution >= 4 is 57.3 Å². The van der Waals surface area contributed by atoms with E-state index in [4.69, 9.17) is 21.1 Å². The molecule has 2 heterocycles. The van der Waals surface area contributed by atoms with E-state index < -0.39 is 11.1 Å². The molecule has 5 rings (SSSR count). The predicted molar refractivity (Wildman–Crippen MR) is 158 cm³/mol. The van der Waals surface area contributed by atoms with E-state index in [2.05, 4.69) is 4.57 Å². The fourth-order valence-corrected chi connectivity index (χ4v) is 5.33. The maximum Gasteiger partial charge on any atom is 0.293 e. The molecular weight excluding hydrogens is 548 g/mol. The van der Waals surface area contributed by atoms with Crippen LogP contribution >= 0.6 is 23.4 Å². The Hall–Kier alpha value is -4.01. The molecule has 9 heteroatoms. The zero-order valence-corrected chi connectivity index (χ0v) is 23.6. The highest BCUT2D eigenvalue weighted by molar-refractivity contribution is 8.18. The minimum atomic E-state index is -0.484. The number of nitrogens with zero attached hydrogens (tertiary/aromatic N) is 2. The number of rotatable bonds is 10. The van der Waals surface area contributed by atoms with Crippen molar-refractivity contribution in [1.82, 2.24) is 9.47 Å². The summed E-state index contributed by atoms with van der Waals surface area (Å²) >= 11 is 6.73. The second kappa shape index (κ2) is 12.0. The first kappa shape index (κ1) is 27.6. The Balaban J connectivity index is 1.29. The lowest BCUT2D eigenvalue weighted by molar-refractivity contribution is -0.122. The summed E-state index contributed by atoms with van der Waals surface area (Å²) in [4.78, 5) is 39.7. The fourth-order valence-electron chi connectivity index (χ4n) is 4.37. The Bertz CT molecular complexity index is 1590. The molecule has 4 aromatic rings. The minimum absolute atomic E-state index is 0.105. The number of ketones is 1. The summed E-state index contributed by atoms with van der Waals surface area (Å²) in [6.07, 6.45) is 3.76. The lowest BCUT2D eigenvalue weighted by Gasteiger charge is -2.11. The van der Waals surface area contributed by atoms with Gasteiger partial charge in [0, 0.05) is 33.2 Å². The Labute approximate surface area is 241 Å². The molecule has 7 nitrogen and oxygen atoms in total. The number of amides is 2. The molecule has 0 saturated carbocycles. The first-order valence-electron chi connectivity index (χ1n) is 12.8. The Morgan fingerprint density at radius 2 is 1.68 bits per heavy atom. The van der Waals surface area contributed by atoms with E-state index in [0.29, 0.717) is 23.7 Å². The number of carbonyl (C=O) groups is 3. The number of benzene rings is 3. The topological polar surface area (TPSA) is 77.8 Å². The monoisotopic (exact) mass is 574 g/mol. The van der Waals surface area contributed by atoms with Gasteiger partial charge in [-0.2, -0.15) is 0 Å². The first-order valence-corrected chi connectivity index (χ1v) is 14.0. The van der Waals surface area contributed by atoms with Crippen molar-refractivity contribution in [3.8, 4) is 11.5 Å². The third-order valence-corrected chi connectivity index (χ3v) is 7.40. The van der Waals surface area contributed by atoms with Crippen molar-refractivity contribution in [1.29, 1.82) is 0 Å². The van der Waals surface area contributed by atoms with E-state index in [9.17, 15) is 14.4 Å². The molecule has 1 fully saturated rings. The molecule has 2 amide bonds. The number of hydrogen-bond acceptors (Lipinski definition) is 6. The molecule has 204 valence electrons. The van der Waals surface area contributed by atoms with Crippen LogP contribution in [-0.2, 0) is 11.3 Å². The third kappa shape index (κ3) is 6.24. The van der Waals surface area contributed by atoms with E-state index in [-0.39, 0.29) is 23.3 Å². The molecule has 0 N–H and O–H groups in total. The van der Waals surface area contributed by atoms with Gasteiger partial charge in [0.05, 0.1) is 24.1 Å². The average molecular weight is 575 g/mol. The van der Waals surface area contributed by atoms with Crippen molar-refractivity contribution < 1.29 is 23.9 Å². The highest BCUT2D eigenvalue weighted by atomic mass is 35.5. The zero-order valence-electron chi connectivity index (χ0n) is 22.0. The van der Waals surface area contributed by atoms with Crippen molar-refractivity contribution in [2.45, 2.75) is 26.5 Å². The largest absolute Gasteiger partial charge is 0.492 e. The van der Waals surface area contributed by atoms with Crippen LogP contribution in [0.2, 0.25) is 5.02 Å². The number of aromatic nitrogens is 1. The lowest BCUT2D eigenvalue weighted by atomic mass is 10.1. The van der Waals surface area contributed by atoms with E-state index >= 15 is 0 Å². The number of fused-ring (bicyclic) bond motifs is 1. The molecule has 1 aliphatic heterocycles. The maximum absolute atomic E-state index is 13.1. The summed E-state index contributed by atoms with van der Waals surface area (Å²) < 4.78 is 13.7. The standard InChI is InChI=1S/C31H27ClN2O5S/c1-20(2)39-25-13-11-24(12-14-25)38-16-15-33-18-22(26-5-3-4-6-27(26)33)17-29-30(36)34(31(37)40-29)19-28(35)21-7-9-23(32)10-8-21/h3-14,17-18,20H,15-16,19H2,1-2H3/b29-17-. The van der Waals surface area contributed by atoms with Crippen LogP contribution in [0.3, 0.4) is 0 Å². The number of imide groups is 1. The second-order valence-corrected chi connectivity index (χ2v) is 10.9. The van der Waals surface area contributed by atoms with Gasteiger partial charge in [-0.1, -0.05) is 29.8 Å². The Morgan fingerprint density at radius 3 is 2.40 bits per heavy atom. The van der Waals surface area contributed by atoms with Gasteiger partial charge in [0.1, 0.15) is 18.1 Å². The molecule has 0 atom stereocenters. The number of carbonyl (C=O) groups excluding carboxylic acids is 3. The molecule has 40 heavy (non-hydrogen) atoms. The molecular formula is C31H27ClN2O5S. The van der Waals surface area contributed by atoms with Gasteiger partial charge in [-0.05, 0) is 86.3 Å². The van der Waals surface area contributed by atoms with Gasteiger partial charge in [-0.15, -0.1) is 0 Å². The molecule has 0 bridgehead atoms.